The summed E-state index contributed by atoms with van der Waals surface area (Å²) in [6.45, 7) is 4.18. The monoisotopic (exact) mass is 264 g/mol. The van der Waals surface area contributed by atoms with Crippen LogP contribution >= 0.6 is 0 Å². The van der Waals surface area contributed by atoms with Gasteiger partial charge in [0.2, 0.25) is 0 Å². The predicted octanol–water partition coefficient (Wildman–Crippen LogP) is -0.151. The van der Waals surface area contributed by atoms with E-state index in [4.69, 9.17) is 19.3 Å². The molecule has 7 heteroatoms. The lowest BCUT2D eigenvalue weighted by atomic mass is 10.3. The SMILES string of the molecule is COC(OC)C(C)OC(=O)C(C)OC(=O)C(C)O. The number of carbonyl (C=O) groups is 2. The molecule has 3 unspecified atom stereocenters. The molecule has 0 aliphatic rings. The second-order valence-corrected chi connectivity index (χ2v) is 3.74. The van der Waals surface area contributed by atoms with Crippen LogP contribution in [-0.2, 0) is 28.5 Å². The van der Waals surface area contributed by atoms with Crippen molar-refractivity contribution < 1.29 is 33.6 Å². The molecule has 0 aromatic carbocycles. The van der Waals surface area contributed by atoms with Crippen LogP contribution in [0.25, 0.3) is 0 Å². The fraction of sp³-hybridized carbons (Fsp3) is 0.818. The van der Waals surface area contributed by atoms with E-state index in [0.29, 0.717) is 0 Å². The van der Waals surface area contributed by atoms with E-state index in [2.05, 4.69) is 4.74 Å². The van der Waals surface area contributed by atoms with Crippen molar-refractivity contribution in [1.82, 2.24) is 0 Å². The van der Waals surface area contributed by atoms with Crippen LogP contribution in [0.3, 0.4) is 0 Å². The molecule has 7 nitrogen and oxygen atoms in total. The van der Waals surface area contributed by atoms with E-state index in [1.54, 1.807) is 6.92 Å². The summed E-state index contributed by atoms with van der Waals surface area (Å²) in [5.74, 6) is -1.63. The Morgan fingerprint density at radius 3 is 1.83 bits per heavy atom. The average molecular weight is 264 g/mol. The first-order chi connectivity index (χ1) is 8.33. The minimum atomic E-state index is -1.29. The van der Waals surface area contributed by atoms with Gasteiger partial charge in [-0.25, -0.2) is 9.59 Å². The first-order valence-corrected chi connectivity index (χ1v) is 5.48. The number of methoxy groups -OCH3 is 2. The molecule has 106 valence electrons. The summed E-state index contributed by atoms with van der Waals surface area (Å²) in [6, 6.07) is 0. The van der Waals surface area contributed by atoms with Gasteiger partial charge in [-0.2, -0.15) is 0 Å². The molecule has 0 rings (SSSR count). The number of rotatable bonds is 7. The van der Waals surface area contributed by atoms with Crippen LogP contribution < -0.4 is 0 Å². The Hall–Kier alpha value is -1.18. The molecule has 0 saturated heterocycles. The van der Waals surface area contributed by atoms with Crippen LogP contribution in [0.4, 0.5) is 0 Å². The Balaban J connectivity index is 4.27. The number of aliphatic hydroxyl groups is 1. The summed E-state index contributed by atoms with van der Waals surface area (Å²) in [6.07, 6.45) is -3.75. The highest BCUT2D eigenvalue weighted by Crippen LogP contribution is 2.07. The first-order valence-electron chi connectivity index (χ1n) is 5.48. The molecule has 0 radical (unpaired) electrons. The number of hydrogen-bond acceptors (Lipinski definition) is 7. The van der Waals surface area contributed by atoms with Crippen molar-refractivity contribution in [2.45, 2.75) is 45.4 Å². The van der Waals surface area contributed by atoms with Crippen LogP contribution in [0.2, 0.25) is 0 Å². The maximum Gasteiger partial charge on any atom is 0.347 e. The Bertz CT molecular complexity index is 273. The van der Waals surface area contributed by atoms with Crippen molar-refractivity contribution in [3.05, 3.63) is 0 Å². The molecule has 0 saturated carbocycles. The first kappa shape index (κ1) is 16.8. The third kappa shape index (κ3) is 5.44. The van der Waals surface area contributed by atoms with E-state index in [1.807, 2.05) is 0 Å². The summed E-state index contributed by atoms with van der Waals surface area (Å²) >= 11 is 0. The maximum absolute atomic E-state index is 11.6. The van der Waals surface area contributed by atoms with Gasteiger partial charge in [0.25, 0.3) is 0 Å². The average Bonchev–Trinajstić information content (AvgIpc) is 2.29. The van der Waals surface area contributed by atoms with Crippen molar-refractivity contribution in [3.8, 4) is 0 Å². The van der Waals surface area contributed by atoms with Crippen molar-refractivity contribution in [2.75, 3.05) is 14.2 Å². The van der Waals surface area contributed by atoms with Gasteiger partial charge < -0.3 is 24.1 Å². The lowest BCUT2D eigenvalue weighted by Gasteiger charge is -2.22. The Labute approximate surface area is 106 Å². The van der Waals surface area contributed by atoms with Crippen molar-refractivity contribution in [3.63, 3.8) is 0 Å². The predicted molar refractivity (Wildman–Crippen MR) is 60.6 cm³/mol. The van der Waals surface area contributed by atoms with Gasteiger partial charge in [0.05, 0.1) is 0 Å². The largest absolute Gasteiger partial charge is 0.455 e. The van der Waals surface area contributed by atoms with E-state index in [1.165, 1.54) is 28.1 Å². The van der Waals surface area contributed by atoms with Gasteiger partial charge in [-0.05, 0) is 20.8 Å². The van der Waals surface area contributed by atoms with Gasteiger partial charge in [-0.1, -0.05) is 0 Å². The molecule has 0 amide bonds. The molecule has 0 heterocycles. The lowest BCUT2D eigenvalue weighted by molar-refractivity contribution is -0.197. The lowest BCUT2D eigenvalue weighted by Crippen LogP contribution is -2.37. The highest BCUT2D eigenvalue weighted by molar-refractivity contribution is 5.80. The molecule has 0 spiro atoms. The Morgan fingerprint density at radius 1 is 0.944 bits per heavy atom. The fourth-order valence-electron chi connectivity index (χ4n) is 1.13. The molecular formula is C11H20O7. The zero-order chi connectivity index (χ0) is 14.3. The number of carbonyl (C=O) groups excluding carboxylic acids is 2. The van der Waals surface area contributed by atoms with E-state index in [9.17, 15) is 9.59 Å². The quantitative estimate of drug-likeness (QED) is 0.505. The van der Waals surface area contributed by atoms with Crippen LogP contribution in [0.5, 0.6) is 0 Å². The molecule has 0 fully saturated rings. The van der Waals surface area contributed by atoms with Gasteiger partial charge >= 0.3 is 11.9 Å². The third-order valence-electron chi connectivity index (χ3n) is 2.12. The fourth-order valence-corrected chi connectivity index (χ4v) is 1.13. The van der Waals surface area contributed by atoms with Gasteiger partial charge in [0.1, 0.15) is 12.2 Å². The Kier molecular flexibility index (Phi) is 7.49. The number of esters is 2. The van der Waals surface area contributed by atoms with Crippen LogP contribution in [0.1, 0.15) is 20.8 Å². The Morgan fingerprint density at radius 2 is 1.44 bits per heavy atom. The van der Waals surface area contributed by atoms with E-state index >= 15 is 0 Å². The van der Waals surface area contributed by atoms with Crippen molar-refractivity contribution in [1.29, 1.82) is 0 Å². The molecule has 1 N–H and O–H groups in total. The zero-order valence-corrected chi connectivity index (χ0v) is 11.2. The molecule has 3 atom stereocenters. The molecule has 18 heavy (non-hydrogen) atoms. The summed E-state index contributed by atoms with van der Waals surface area (Å²) < 4.78 is 19.5. The van der Waals surface area contributed by atoms with Gasteiger partial charge in [-0.3, -0.25) is 0 Å². The van der Waals surface area contributed by atoms with E-state index in [0.717, 1.165) is 0 Å². The van der Waals surface area contributed by atoms with Gasteiger partial charge in [0, 0.05) is 14.2 Å². The molecule has 0 bridgehead atoms. The number of hydrogen-bond donors (Lipinski definition) is 1. The second kappa shape index (κ2) is 8.02. The van der Waals surface area contributed by atoms with Gasteiger partial charge in [0.15, 0.2) is 12.4 Å². The molecule has 0 aliphatic heterocycles. The summed E-state index contributed by atoms with van der Waals surface area (Å²) in [5.41, 5.74) is 0. The molecule has 0 aromatic heterocycles. The normalized spacial score (nSPS) is 15.9. The van der Waals surface area contributed by atoms with Crippen molar-refractivity contribution in [2.24, 2.45) is 0 Å². The van der Waals surface area contributed by atoms with E-state index in [-0.39, 0.29) is 0 Å². The summed E-state index contributed by atoms with van der Waals surface area (Å²) in [5, 5.41) is 8.93. The summed E-state index contributed by atoms with van der Waals surface area (Å²) in [7, 11) is 2.82. The number of ether oxygens (including phenoxy) is 4. The summed E-state index contributed by atoms with van der Waals surface area (Å²) in [4.78, 5) is 22.6. The second-order valence-electron chi connectivity index (χ2n) is 3.74. The number of aliphatic hydroxyl groups excluding tert-OH is 1. The minimum absolute atomic E-state index is 0.653. The maximum atomic E-state index is 11.6. The van der Waals surface area contributed by atoms with Gasteiger partial charge in [-0.15, -0.1) is 0 Å². The molecule has 0 aromatic rings. The smallest absolute Gasteiger partial charge is 0.347 e. The highest BCUT2D eigenvalue weighted by Gasteiger charge is 2.26. The van der Waals surface area contributed by atoms with Crippen LogP contribution in [-0.4, -0.2) is 55.9 Å². The standard InChI is InChI=1S/C11H20O7/c1-6(12)9(13)17-7(2)10(14)18-8(3)11(15-4)16-5/h6-8,11-12H,1-5H3. The van der Waals surface area contributed by atoms with Crippen LogP contribution in [0.15, 0.2) is 0 Å². The van der Waals surface area contributed by atoms with Crippen molar-refractivity contribution >= 4 is 11.9 Å². The van der Waals surface area contributed by atoms with E-state index < -0.39 is 36.5 Å². The molecular weight excluding hydrogens is 244 g/mol. The third-order valence-corrected chi connectivity index (χ3v) is 2.12. The topological polar surface area (TPSA) is 91.3 Å². The zero-order valence-electron chi connectivity index (χ0n) is 11.2. The minimum Gasteiger partial charge on any atom is -0.455 e. The van der Waals surface area contributed by atoms with Crippen LogP contribution in [0, 0.1) is 0 Å². The molecule has 0 aliphatic carbocycles. The highest BCUT2D eigenvalue weighted by atomic mass is 16.7.